The van der Waals surface area contributed by atoms with Crippen molar-refractivity contribution in [1.29, 1.82) is 0 Å². The second-order valence-corrected chi connectivity index (χ2v) is 8.86. The number of hydrogen-bond donors (Lipinski definition) is 2. The Morgan fingerprint density at radius 1 is 1.24 bits per heavy atom. The summed E-state index contributed by atoms with van der Waals surface area (Å²) in [5.41, 5.74) is 1.24. The van der Waals surface area contributed by atoms with Crippen LogP contribution in [0.1, 0.15) is 25.7 Å². The molecular weight excluding hydrogens is 344 g/mol. The number of sulfone groups is 1. The van der Waals surface area contributed by atoms with Crippen LogP contribution in [0.4, 0.5) is 5.69 Å². The van der Waals surface area contributed by atoms with Gasteiger partial charge in [-0.3, -0.25) is 9.59 Å². The highest BCUT2D eigenvalue weighted by molar-refractivity contribution is 7.92. The van der Waals surface area contributed by atoms with Crippen LogP contribution in [0.5, 0.6) is 0 Å². The first-order valence-electron chi connectivity index (χ1n) is 8.05. The lowest BCUT2D eigenvalue weighted by atomic mass is 10.1. The normalized spacial score (nSPS) is 16.8. The van der Waals surface area contributed by atoms with E-state index in [0.29, 0.717) is 18.5 Å². The van der Waals surface area contributed by atoms with Gasteiger partial charge in [0.1, 0.15) is 6.54 Å². The quantitative estimate of drug-likeness (QED) is 0.844. The van der Waals surface area contributed by atoms with Gasteiger partial charge in [-0.05, 0) is 37.1 Å². The molecule has 8 heteroatoms. The fourth-order valence-corrected chi connectivity index (χ4v) is 4.94. The summed E-state index contributed by atoms with van der Waals surface area (Å²) in [5, 5.41) is 12.4. The number of aromatic nitrogens is 1. The van der Waals surface area contributed by atoms with Gasteiger partial charge >= 0.3 is 5.97 Å². The van der Waals surface area contributed by atoms with E-state index in [-0.39, 0.29) is 6.54 Å². The topological polar surface area (TPSA) is 105 Å². The minimum Gasteiger partial charge on any atom is -0.480 e. The Morgan fingerprint density at radius 2 is 1.92 bits per heavy atom. The van der Waals surface area contributed by atoms with E-state index in [9.17, 15) is 18.0 Å². The summed E-state index contributed by atoms with van der Waals surface area (Å²) in [6.45, 7) is -0.146. The van der Waals surface area contributed by atoms with Gasteiger partial charge in [0.2, 0.25) is 5.91 Å². The van der Waals surface area contributed by atoms with Crippen molar-refractivity contribution in [2.45, 2.75) is 37.0 Å². The Kier molecular flexibility index (Phi) is 4.32. The highest BCUT2D eigenvalue weighted by atomic mass is 32.2. The monoisotopic (exact) mass is 364 g/mol. The van der Waals surface area contributed by atoms with E-state index >= 15 is 0 Å². The lowest BCUT2D eigenvalue weighted by Crippen LogP contribution is -2.47. The van der Waals surface area contributed by atoms with E-state index < -0.39 is 26.5 Å². The summed E-state index contributed by atoms with van der Waals surface area (Å²) in [6.07, 6.45) is 4.91. The number of aliphatic carboxylic acids is 1. The number of carbonyl (C=O) groups excluding carboxylic acids is 1. The van der Waals surface area contributed by atoms with E-state index in [1.165, 1.54) is 0 Å². The number of carboxylic acid groups (broad SMARTS) is 1. The molecule has 0 spiro atoms. The number of carboxylic acids is 1. The minimum atomic E-state index is -3.52. The third-order valence-corrected chi connectivity index (χ3v) is 6.88. The molecule has 1 saturated carbocycles. The van der Waals surface area contributed by atoms with Gasteiger partial charge in [-0.15, -0.1) is 0 Å². The summed E-state index contributed by atoms with van der Waals surface area (Å²) in [6, 6.07) is 6.85. The predicted octanol–water partition coefficient (Wildman–Crippen LogP) is 2.02. The molecule has 2 N–H and O–H groups in total. The Labute approximate surface area is 145 Å². The molecule has 1 fully saturated rings. The number of carbonyl (C=O) groups is 2. The lowest BCUT2D eigenvalue weighted by molar-refractivity contribution is -0.137. The first kappa shape index (κ1) is 17.5. The number of amides is 1. The van der Waals surface area contributed by atoms with Crippen LogP contribution in [0.15, 0.2) is 30.5 Å². The fraction of sp³-hybridized carbons (Fsp3) is 0.412. The summed E-state index contributed by atoms with van der Waals surface area (Å²) in [7, 11) is -3.52. The summed E-state index contributed by atoms with van der Waals surface area (Å²) in [4.78, 5) is 23.6. The molecule has 0 radical (unpaired) electrons. The zero-order valence-electron chi connectivity index (χ0n) is 13.9. The van der Waals surface area contributed by atoms with Crippen LogP contribution in [-0.2, 0) is 26.0 Å². The molecule has 2 aromatic rings. The molecule has 0 unspecified atom stereocenters. The van der Waals surface area contributed by atoms with Crippen LogP contribution in [0, 0.1) is 0 Å². The maximum Gasteiger partial charge on any atom is 0.323 e. The molecule has 0 saturated heterocycles. The number of anilines is 1. The third-order valence-electron chi connectivity index (χ3n) is 4.87. The molecule has 1 aliphatic rings. The maximum absolute atomic E-state index is 12.7. The highest BCUT2D eigenvalue weighted by Gasteiger charge is 2.49. The van der Waals surface area contributed by atoms with Crippen LogP contribution in [0.25, 0.3) is 10.9 Å². The van der Waals surface area contributed by atoms with Crippen LogP contribution in [0.2, 0.25) is 0 Å². The number of rotatable bonds is 5. The molecule has 0 bridgehead atoms. The van der Waals surface area contributed by atoms with Crippen LogP contribution >= 0.6 is 0 Å². The van der Waals surface area contributed by atoms with E-state index in [0.717, 1.165) is 30.0 Å². The van der Waals surface area contributed by atoms with E-state index in [1.54, 1.807) is 35.0 Å². The number of nitrogens with one attached hydrogen (secondary N) is 1. The number of fused-ring (bicyclic) bond motifs is 1. The standard InChI is InChI=1S/C17H20N2O5S/c1-25(23,24)17(7-2-3-8-17)16(22)18-13-4-5-14-12(10-13)6-9-19(14)11-15(20)21/h4-6,9-10H,2-3,7-8,11H2,1H3,(H,18,22)(H,20,21). The third kappa shape index (κ3) is 3.13. The first-order valence-corrected chi connectivity index (χ1v) is 9.94. The molecule has 7 nitrogen and oxygen atoms in total. The van der Waals surface area contributed by atoms with Crippen molar-refractivity contribution in [1.82, 2.24) is 4.57 Å². The molecule has 1 amide bonds. The number of hydrogen-bond acceptors (Lipinski definition) is 4. The van der Waals surface area contributed by atoms with Crippen molar-refractivity contribution >= 4 is 38.3 Å². The average Bonchev–Trinajstić information content (AvgIpc) is 3.14. The Morgan fingerprint density at radius 3 is 2.52 bits per heavy atom. The average molecular weight is 364 g/mol. The molecular formula is C17H20N2O5S. The molecule has 1 aromatic heterocycles. The second-order valence-electron chi connectivity index (χ2n) is 6.54. The van der Waals surface area contributed by atoms with E-state index in [4.69, 9.17) is 5.11 Å². The van der Waals surface area contributed by atoms with Gasteiger partial charge in [-0.2, -0.15) is 0 Å². The Bertz CT molecular complexity index is 939. The largest absolute Gasteiger partial charge is 0.480 e. The summed E-state index contributed by atoms with van der Waals surface area (Å²) in [5.74, 6) is -1.43. The molecule has 134 valence electrons. The van der Waals surface area contributed by atoms with Gasteiger partial charge in [0.05, 0.1) is 0 Å². The van der Waals surface area contributed by atoms with E-state index in [1.807, 2.05) is 0 Å². The zero-order valence-corrected chi connectivity index (χ0v) is 14.7. The molecule has 25 heavy (non-hydrogen) atoms. The van der Waals surface area contributed by atoms with Crippen molar-refractivity contribution in [2.24, 2.45) is 0 Å². The first-order chi connectivity index (χ1) is 11.7. The highest BCUT2D eigenvalue weighted by Crippen LogP contribution is 2.37. The molecule has 1 heterocycles. The predicted molar refractivity (Wildman–Crippen MR) is 94.2 cm³/mol. The van der Waals surface area contributed by atoms with Crippen molar-refractivity contribution in [3.8, 4) is 0 Å². The van der Waals surface area contributed by atoms with Gasteiger partial charge in [-0.1, -0.05) is 12.8 Å². The molecule has 3 rings (SSSR count). The smallest absolute Gasteiger partial charge is 0.323 e. The molecule has 0 aliphatic heterocycles. The Balaban J connectivity index is 1.88. The SMILES string of the molecule is CS(=O)(=O)C1(C(=O)Nc2ccc3c(ccn3CC(=O)O)c2)CCCC1. The van der Waals surface area contributed by atoms with Crippen LogP contribution in [-0.4, -0.2) is 41.0 Å². The second kappa shape index (κ2) is 6.18. The van der Waals surface area contributed by atoms with Gasteiger partial charge in [0.15, 0.2) is 14.6 Å². The van der Waals surface area contributed by atoms with Crippen LogP contribution < -0.4 is 5.32 Å². The van der Waals surface area contributed by atoms with Gasteiger partial charge in [0.25, 0.3) is 0 Å². The maximum atomic E-state index is 12.7. The number of benzene rings is 1. The van der Waals surface area contributed by atoms with Gasteiger partial charge in [0, 0.05) is 29.0 Å². The number of nitrogens with zero attached hydrogens (tertiary/aromatic N) is 1. The summed E-state index contributed by atoms with van der Waals surface area (Å²) < 4.78 is 24.6. The van der Waals surface area contributed by atoms with Crippen molar-refractivity contribution < 1.29 is 23.1 Å². The summed E-state index contributed by atoms with van der Waals surface area (Å²) >= 11 is 0. The Hall–Kier alpha value is -2.35. The van der Waals surface area contributed by atoms with Gasteiger partial charge < -0.3 is 15.0 Å². The van der Waals surface area contributed by atoms with E-state index in [2.05, 4.69) is 5.32 Å². The molecule has 0 atom stereocenters. The zero-order chi connectivity index (χ0) is 18.2. The van der Waals surface area contributed by atoms with Gasteiger partial charge in [-0.25, -0.2) is 8.42 Å². The lowest BCUT2D eigenvalue weighted by Gasteiger charge is -2.25. The molecule has 1 aromatic carbocycles. The van der Waals surface area contributed by atoms with Crippen molar-refractivity contribution in [3.63, 3.8) is 0 Å². The minimum absolute atomic E-state index is 0.146. The van der Waals surface area contributed by atoms with Crippen molar-refractivity contribution in [3.05, 3.63) is 30.5 Å². The fourth-order valence-electron chi connectivity index (χ4n) is 3.52. The molecule has 1 aliphatic carbocycles. The van der Waals surface area contributed by atoms with Crippen LogP contribution in [0.3, 0.4) is 0 Å². The van der Waals surface area contributed by atoms with Crippen molar-refractivity contribution in [2.75, 3.05) is 11.6 Å².